The standard InChI is InChI=1S/C43H83NO6S/c1-3-5-7-9-11-13-15-17-19-21-23-25-27-29-31-33-35-49-41(45)37-40(51-38-39(44)42(46)47)43(48)50-36-34-32-30-28-26-24-22-20-18-16-14-12-10-8-6-4-2/h39-40H,3-38,44H2,1-2H3,(H,46,47)/t39-,40?/m0/s1. The molecule has 3 N–H and O–H groups in total. The third-order valence-electron chi connectivity index (χ3n) is 9.91. The number of nitrogens with two attached hydrogens (primary N) is 1. The Bertz CT molecular complexity index is 782. The Kier molecular flexibility index (Phi) is 38.9. The molecule has 0 aromatic rings. The third-order valence-corrected chi connectivity index (χ3v) is 11.2. The number of unbranched alkanes of at least 4 members (excludes halogenated alkanes) is 30. The molecule has 0 rings (SSSR count). The Morgan fingerprint density at radius 1 is 0.490 bits per heavy atom. The fourth-order valence-corrected chi connectivity index (χ4v) is 7.50. The van der Waals surface area contributed by atoms with E-state index in [4.69, 9.17) is 20.3 Å². The normalized spacial score (nSPS) is 12.5. The summed E-state index contributed by atoms with van der Waals surface area (Å²) in [6.45, 7) is 5.19. The summed E-state index contributed by atoms with van der Waals surface area (Å²) in [6.07, 6.45) is 40.9. The highest BCUT2D eigenvalue weighted by Gasteiger charge is 2.27. The zero-order chi connectivity index (χ0) is 37.5. The molecule has 0 aliphatic carbocycles. The van der Waals surface area contributed by atoms with Crippen molar-refractivity contribution < 1.29 is 29.0 Å². The molecule has 302 valence electrons. The average Bonchev–Trinajstić information content (AvgIpc) is 3.12. The average molecular weight is 742 g/mol. The number of carboxylic acids is 1. The van der Waals surface area contributed by atoms with E-state index in [-0.39, 0.29) is 12.2 Å². The molecular weight excluding hydrogens is 659 g/mol. The second-order valence-corrected chi connectivity index (χ2v) is 16.2. The van der Waals surface area contributed by atoms with E-state index in [2.05, 4.69) is 13.8 Å². The van der Waals surface area contributed by atoms with E-state index in [9.17, 15) is 14.4 Å². The van der Waals surface area contributed by atoms with Gasteiger partial charge in [0.15, 0.2) is 0 Å². The number of hydrogen-bond acceptors (Lipinski definition) is 7. The third kappa shape index (κ3) is 36.9. The lowest BCUT2D eigenvalue weighted by atomic mass is 10.0. The molecule has 0 amide bonds. The number of thioether (sulfide) groups is 1. The van der Waals surface area contributed by atoms with Crippen molar-refractivity contribution in [3.63, 3.8) is 0 Å². The van der Waals surface area contributed by atoms with Crippen LogP contribution in [-0.4, -0.2) is 53.3 Å². The van der Waals surface area contributed by atoms with Gasteiger partial charge in [0.2, 0.25) is 0 Å². The van der Waals surface area contributed by atoms with Gasteiger partial charge in [0.1, 0.15) is 11.3 Å². The van der Waals surface area contributed by atoms with Gasteiger partial charge in [-0.3, -0.25) is 14.4 Å². The monoisotopic (exact) mass is 742 g/mol. The predicted molar refractivity (Wildman–Crippen MR) is 217 cm³/mol. The second-order valence-electron chi connectivity index (χ2n) is 15.0. The van der Waals surface area contributed by atoms with Crippen LogP contribution in [0.1, 0.15) is 226 Å². The summed E-state index contributed by atoms with van der Waals surface area (Å²) < 4.78 is 10.9. The molecule has 0 saturated heterocycles. The molecule has 0 aromatic carbocycles. The number of carbonyl (C=O) groups is 3. The Balaban J connectivity index is 3.93. The molecule has 8 heteroatoms. The molecule has 2 atom stereocenters. The van der Waals surface area contributed by atoms with Crippen LogP contribution in [0.4, 0.5) is 0 Å². The minimum absolute atomic E-state index is 0.0283. The highest BCUT2D eigenvalue weighted by atomic mass is 32.2. The van der Waals surface area contributed by atoms with Crippen LogP contribution < -0.4 is 5.73 Å². The Hall–Kier alpha value is -1.28. The van der Waals surface area contributed by atoms with Gasteiger partial charge in [-0.2, -0.15) is 0 Å². The van der Waals surface area contributed by atoms with Crippen LogP contribution in [0.25, 0.3) is 0 Å². The maximum absolute atomic E-state index is 12.8. The van der Waals surface area contributed by atoms with Gasteiger partial charge in [-0.1, -0.05) is 206 Å². The fraction of sp³-hybridized carbons (Fsp3) is 0.930. The van der Waals surface area contributed by atoms with Gasteiger partial charge in [-0.05, 0) is 12.8 Å². The first-order valence-electron chi connectivity index (χ1n) is 21.8. The van der Waals surface area contributed by atoms with Gasteiger partial charge in [-0.25, -0.2) is 0 Å². The summed E-state index contributed by atoms with van der Waals surface area (Å²) in [7, 11) is 0. The number of hydrogen-bond donors (Lipinski definition) is 2. The molecule has 0 aromatic heterocycles. The lowest BCUT2D eigenvalue weighted by Gasteiger charge is -2.16. The van der Waals surface area contributed by atoms with E-state index in [0.29, 0.717) is 13.2 Å². The zero-order valence-electron chi connectivity index (χ0n) is 33.6. The van der Waals surface area contributed by atoms with Gasteiger partial charge in [-0.15, -0.1) is 11.8 Å². The molecule has 0 aliphatic heterocycles. The molecule has 0 bridgehead atoms. The molecule has 1 unspecified atom stereocenters. The highest BCUT2D eigenvalue weighted by Crippen LogP contribution is 2.20. The van der Waals surface area contributed by atoms with Crippen molar-refractivity contribution >= 4 is 29.7 Å². The van der Waals surface area contributed by atoms with Gasteiger partial charge in [0.05, 0.1) is 19.6 Å². The van der Waals surface area contributed by atoms with E-state index in [1.54, 1.807) is 0 Å². The van der Waals surface area contributed by atoms with Gasteiger partial charge in [0, 0.05) is 5.75 Å². The van der Waals surface area contributed by atoms with Crippen LogP contribution in [0.2, 0.25) is 0 Å². The topological polar surface area (TPSA) is 116 Å². The smallest absolute Gasteiger partial charge is 0.321 e. The molecule has 7 nitrogen and oxygen atoms in total. The second kappa shape index (κ2) is 39.9. The minimum atomic E-state index is -1.13. The lowest BCUT2D eigenvalue weighted by Crippen LogP contribution is -2.35. The van der Waals surface area contributed by atoms with Crippen LogP contribution in [0.3, 0.4) is 0 Å². The van der Waals surface area contributed by atoms with Gasteiger partial charge in [0.25, 0.3) is 0 Å². The summed E-state index contributed by atoms with van der Waals surface area (Å²) in [5.74, 6) is -2.04. The number of esters is 2. The van der Waals surface area contributed by atoms with Gasteiger partial charge < -0.3 is 20.3 Å². The minimum Gasteiger partial charge on any atom is -0.480 e. The van der Waals surface area contributed by atoms with Crippen molar-refractivity contribution in [3.8, 4) is 0 Å². The van der Waals surface area contributed by atoms with E-state index < -0.39 is 29.2 Å². The molecular formula is C43H83NO6S. The Labute approximate surface area is 319 Å². The quantitative estimate of drug-likeness (QED) is 0.0470. The summed E-state index contributed by atoms with van der Waals surface area (Å²) in [4.78, 5) is 36.5. The molecule has 0 aliphatic rings. The summed E-state index contributed by atoms with van der Waals surface area (Å²) >= 11 is 1.07. The van der Waals surface area contributed by atoms with Crippen molar-refractivity contribution in [1.29, 1.82) is 0 Å². The van der Waals surface area contributed by atoms with E-state index >= 15 is 0 Å². The predicted octanol–water partition coefficient (Wildman–Crippen LogP) is 12.5. The molecule has 0 spiro atoms. The Morgan fingerprint density at radius 3 is 1.10 bits per heavy atom. The molecule has 0 heterocycles. The number of rotatable bonds is 41. The molecule has 51 heavy (non-hydrogen) atoms. The maximum Gasteiger partial charge on any atom is 0.321 e. The van der Waals surface area contributed by atoms with E-state index in [1.807, 2.05) is 0 Å². The molecule has 0 fully saturated rings. The van der Waals surface area contributed by atoms with Crippen molar-refractivity contribution in [2.45, 2.75) is 237 Å². The lowest BCUT2D eigenvalue weighted by molar-refractivity contribution is -0.149. The van der Waals surface area contributed by atoms with Crippen molar-refractivity contribution in [3.05, 3.63) is 0 Å². The number of ether oxygens (including phenoxy) is 2. The number of carbonyl (C=O) groups excluding carboxylic acids is 2. The number of carboxylic acid groups (broad SMARTS) is 1. The SMILES string of the molecule is CCCCCCCCCCCCCCCCCCOC(=O)CC(SC[C@H](N)C(=O)O)C(=O)OCCCCCCCCCCCCCCCCCC. The summed E-state index contributed by atoms with van der Waals surface area (Å²) in [6, 6.07) is -1.10. The highest BCUT2D eigenvalue weighted by molar-refractivity contribution is 8.00. The summed E-state index contributed by atoms with van der Waals surface area (Å²) in [5, 5.41) is 8.34. The largest absolute Gasteiger partial charge is 0.480 e. The molecule has 0 radical (unpaired) electrons. The zero-order valence-corrected chi connectivity index (χ0v) is 34.4. The van der Waals surface area contributed by atoms with E-state index in [1.165, 1.54) is 167 Å². The first-order valence-corrected chi connectivity index (χ1v) is 22.9. The first kappa shape index (κ1) is 49.7. The van der Waals surface area contributed by atoms with Crippen LogP contribution in [0, 0.1) is 0 Å². The van der Waals surface area contributed by atoms with Gasteiger partial charge >= 0.3 is 17.9 Å². The van der Waals surface area contributed by atoms with E-state index in [0.717, 1.165) is 50.3 Å². The van der Waals surface area contributed by atoms with Crippen molar-refractivity contribution in [1.82, 2.24) is 0 Å². The van der Waals surface area contributed by atoms with Crippen LogP contribution in [-0.2, 0) is 23.9 Å². The first-order chi connectivity index (χ1) is 24.9. The summed E-state index contributed by atoms with van der Waals surface area (Å²) in [5.41, 5.74) is 5.66. The Morgan fingerprint density at radius 2 is 0.784 bits per heavy atom. The van der Waals surface area contributed by atoms with Crippen molar-refractivity contribution in [2.24, 2.45) is 5.73 Å². The van der Waals surface area contributed by atoms with Crippen LogP contribution in [0.5, 0.6) is 0 Å². The number of aliphatic carboxylic acids is 1. The van der Waals surface area contributed by atoms with Crippen LogP contribution in [0.15, 0.2) is 0 Å². The molecule has 0 saturated carbocycles. The maximum atomic E-state index is 12.8. The fourth-order valence-electron chi connectivity index (χ4n) is 6.46. The van der Waals surface area contributed by atoms with Crippen LogP contribution >= 0.6 is 11.8 Å². The van der Waals surface area contributed by atoms with Crippen molar-refractivity contribution in [2.75, 3.05) is 19.0 Å².